The van der Waals surface area contributed by atoms with Gasteiger partial charge in [0.25, 0.3) is 0 Å². The predicted octanol–water partition coefficient (Wildman–Crippen LogP) is 2.64. The lowest BCUT2D eigenvalue weighted by atomic mass is 10.1. The Balaban J connectivity index is 2.46. The van der Waals surface area contributed by atoms with Crippen molar-refractivity contribution in [3.63, 3.8) is 0 Å². The van der Waals surface area contributed by atoms with Gasteiger partial charge in [0.1, 0.15) is 0 Å². The molecule has 0 aliphatic heterocycles. The van der Waals surface area contributed by atoms with E-state index < -0.39 is 0 Å². The highest BCUT2D eigenvalue weighted by Gasteiger charge is 2.01. The largest absolute Gasteiger partial charge is 0.313 e. The molecule has 2 heteroatoms. The first-order valence-electron chi connectivity index (χ1n) is 6.74. The molecule has 98 valence electrons. The minimum atomic E-state index is 0.719. The number of terminal acetylenes is 1. The van der Waals surface area contributed by atoms with Crippen LogP contribution in [0, 0.1) is 12.3 Å². The van der Waals surface area contributed by atoms with E-state index in [-0.39, 0.29) is 0 Å². The van der Waals surface area contributed by atoms with Gasteiger partial charge in [0.05, 0.1) is 6.54 Å². The summed E-state index contributed by atoms with van der Waals surface area (Å²) >= 11 is 0. The third-order valence-electron chi connectivity index (χ3n) is 2.95. The van der Waals surface area contributed by atoms with Crippen molar-refractivity contribution in [2.75, 3.05) is 19.6 Å². The predicted molar refractivity (Wildman–Crippen MR) is 78.2 cm³/mol. The third-order valence-corrected chi connectivity index (χ3v) is 2.95. The number of hydrogen-bond donors (Lipinski definition) is 1. The summed E-state index contributed by atoms with van der Waals surface area (Å²) in [6.07, 6.45) is 6.53. The quantitative estimate of drug-likeness (QED) is 0.558. The van der Waals surface area contributed by atoms with Crippen LogP contribution in [0.4, 0.5) is 0 Å². The monoisotopic (exact) mass is 244 g/mol. The minimum Gasteiger partial charge on any atom is -0.313 e. The molecule has 0 aliphatic carbocycles. The molecule has 1 rings (SSSR count). The molecule has 0 radical (unpaired) electrons. The highest BCUT2D eigenvalue weighted by atomic mass is 15.1. The van der Waals surface area contributed by atoms with E-state index in [0.29, 0.717) is 0 Å². The number of rotatable bonds is 8. The fraction of sp³-hybridized carbons (Fsp3) is 0.500. The Morgan fingerprint density at radius 1 is 1.17 bits per heavy atom. The van der Waals surface area contributed by atoms with Crippen molar-refractivity contribution in [2.24, 2.45) is 0 Å². The van der Waals surface area contributed by atoms with E-state index in [1.807, 2.05) is 0 Å². The van der Waals surface area contributed by atoms with Crippen LogP contribution in [0.1, 0.15) is 31.4 Å². The molecule has 0 bridgehead atoms. The molecule has 1 aromatic carbocycles. The van der Waals surface area contributed by atoms with Crippen LogP contribution in [0.15, 0.2) is 24.3 Å². The van der Waals surface area contributed by atoms with Gasteiger partial charge in [0.15, 0.2) is 0 Å². The van der Waals surface area contributed by atoms with Crippen LogP contribution in [0.3, 0.4) is 0 Å². The molecule has 2 nitrogen and oxygen atoms in total. The van der Waals surface area contributed by atoms with E-state index in [9.17, 15) is 0 Å². The molecule has 0 unspecified atom stereocenters. The van der Waals surface area contributed by atoms with Gasteiger partial charge >= 0.3 is 0 Å². The van der Waals surface area contributed by atoms with Crippen LogP contribution < -0.4 is 5.32 Å². The van der Waals surface area contributed by atoms with Gasteiger partial charge < -0.3 is 5.32 Å². The first-order valence-corrected chi connectivity index (χ1v) is 6.74. The van der Waals surface area contributed by atoms with E-state index in [4.69, 9.17) is 6.42 Å². The van der Waals surface area contributed by atoms with Crippen molar-refractivity contribution >= 4 is 0 Å². The molecule has 0 atom stereocenters. The molecular weight excluding hydrogens is 220 g/mol. The smallest absolute Gasteiger partial charge is 0.0601 e. The molecule has 0 amide bonds. The summed E-state index contributed by atoms with van der Waals surface area (Å²) in [6.45, 7) is 8.99. The number of nitrogens with zero attached hydrogens (tertiary/aromatic N) is 1. The topological polar surface area (TPSA) is 15.3 Å². The molecule has 1 aromatic rings. The summed E-state index contributed by atoms with van der Waals surface area (Å²) in [4.78, 5) is 2.25. The molecular formula is C16H24N2. The maximum absolute atomic E-state index is 5.35. The lowest BCUT2D eigenvalue weighted by Crippen LogP contribution is -2.23. The molecule has 1 N–H and O–H groups in total. The lowest BCUT2D eigenvalue weighted by molar-refractivity contribution is 0.316. The third kappa shape index (κ3) is 5.35. The Hall–Kier alpha value is -1.30. The van der Waals surface area contributed by atoms with Gasteiger partial charge in [-0.15, -0.1) is 6.42 Å². The fourth-order valence-corrected chi connectivity index (χ4v) is 1.84. The molecule has 0 saturated heterocycles. The van der Waals surface area contributed by atoms with Crippen LogP contribution in [-0.2, 0) is 13.1 Å². The van der Waals surface area contributed by atoms with Gasteiger partial charge in [0.2, 0.25) is 0 Å². The zero-order valence-electron chi connectivity index (χ0n) is 11.6. The van der Waals surface area contributed by atoms with Gasteiger partial charge in [0, 0.05) is 13.1 Å². The summed E-state index contributed by atoms with van der Waals surface area (Å²) in [5, 5.41) is 3.41. The Labute approximate surface area is 111 Å². The normalized spacial score (nSPS) is 10.6. The second-order valence-corrected chi connectivity index (χ2v) is 4.50. The maximum atomic E-state index is 5.35. The fourth-order valence-electron chi connectivity index (χ4n) is 1.84. The molecule has 0 fully saturated rings. The first kappa shape index (κ1) is 14.8. The minimum absolute atomic E-state index is 0.719. The van der Waals surface area contributed by atoms with Crippen molar-refractivity contribution in [1.82, 2.24) is 10.2 Å². The Bertz CT molecular complexity index is 362. The molecule has 0 saturated carbocycles. The molecule has 0 aromatic heterocycles. The van der Waals surface area contributed by atoms with Crippen LogP contribution in [-0.4, -0.2) is 24.5 Å². The van der Waals surface area contributed by atoms with E-state index in [1.54, 1.807) is 0 Å². The lowest BCUT2D eigenvalue weighted by Gasteiger charge is -2.17. The zero-order chi connectivity index (χ0) is 13.2. The zero-order valence-corrected chi connectivity index (χ0v) is 11.6. The second kappa shape index (κ2) is 8.74. The SMILES string of the molecule is C#CCN(CC)Cc1ccc(CNCCC)cc1. The maximum Gasteiger partial charge on any atom is 0.0601 e. The van der Waals surface area contributed by atoms with Gasteiger partial charge in [-0.3, -0.25) is 4.90 Å². The molecule has 18 heavy (non-hydrogen) atoms. The Morgan fingerprint density at radius 3 is 2.39 bits per heavy atom. The summed E-state index contributed by atoms with van der Waals surface area (Å²) < 4.78 is 0. The molecule has 0 spiro atoms. The van der Waals surface area contributed by atoms with Crippen LogP contribution >= 0.6 is 0 Å². The van der Waals surface area contributed by atoms with Crippen LogP contribution in [0.5, 0.6) is 0 Å². The van der Waals surface area contributed by atoms with E-state index in [1.165, 1.54) is 17.5 Å². The summed E-state index contributed by atoms with van der Waals surface area (Å²) in [6, 6.07) is 8.79. The van der Waals surface area contributed by atoms with Gasteiger partial charge in [-0.1, -0.05) is 44.0 Å². The van der Waals surface area contributed by atoms with Crippen molar-refractivity contribution in [1.29, 1.82) is 0 Å². The van der Waals surface area contributed by atoms with Crippen molar-refractivity contribution in [3.05, 3.63) is 35.4 Å². The van der Waals surface area contributed by atoms with Gasteiger partial charge in [-0.2, -0.15) is 0 Å². The van der Waals surface area contributed by atoms with Crippen molar-refractivity contribution < 1.29 is 0 Å². The summed E-state index contributed by atoms with van der Waals surface area (Å²) in [5.74, 6) is 2.70. The average molecular weight is 244 g/mol. The van der Waals surface area contributed by atoms with Crippen molar-refractivity contribution in [3.8, 4) is 12.3 Å². The van der Waals surface area contributed by atoms with Crippen molar-refractivity contribution in [2.45, 2.75) is 33.4 Å². The summed E-state index contributed by atoms with van der Waals surface area (Å²) in [7, 11) is 0. The number of nitrogens with one attached hydrogen (secondary N) is 1. The summed E-state index contributed by atoms with van der Waals surface area (Å²) in [5.41, 5.74) is 2.67. The van der Waals surface area contributed by atoms with Gasteiger partial charge in [-0.05, 0) is 30.6 Å². The average Bonchev–Trinajstić information content (AvgIpc) is 2.40. The highest BCUT2D eigenvalue weighted by molar-refractivity contribution is 5.22. The van der Waals surface area contributed by atoms with E-state index >= 15 is 0 Å². The second-order valence-electron chi connectivity index (χ2n) is 4.50. The van der Waals surface area contributed by atoms with Crippen LogP contribution in [0.2, 0.25) is 0 Å². The standard InChI is InChI=1S/C16H24N2/c1-4-11-17-13-15-7-9-16(10-8-15)14-18(6-3)12-5-2/h2,7-10,17H,4,6,11-14H2,1,3H3. The number of benzene rings is 1. The first-order chi connectivity index (χ1) is 8.80. The Kier molecular flexibility index (Phi) is 7.17. The van der Waals surface area contributed by atoms with Crippen LogP contribution in [0.25, 0.3) is 0 Å². The Morgan fingerprint density at radius 2 is 1.83 bits per heavy atom. The van der Waals surface area contributed by atoms with E-state index in [2.05, 4.69) is 54.3 Å². The molecule has 0 heterocycles. The molecule has 0 aliphatic rings. The highest BCUT2D eigenvalue weighted by Crippen LogP contribution is 2.07. The van der Waals surface area contributed by atoms with E-state index in [0.717, 1.165) is 32.7 Å². The number of hydrogen-bond acceptors (Lipinski definition) is 2. The van der Waals surface area contributed by atoms with Gasteiger partial charge in [-0.25, -0.2) is 0 Å².